The molecule has 1 heterocycles. The summed E-state index contributed by atoms with van der Waals surface area (Å²) < 4.78 is 0. The Bertz CT molecular complexity index is 378. The molecule has 0 amide bonds. The Labute approximate surface area is 109 Å². The molecule has 1 N–H and O–H groups in total. The quantitative estimate of drug-likeness (QED) is 0.885. The molecule has 2 nitrogen and oxygen atoms in total. The van der Waals surface area contributed by atoms with Gasteiger partial charge in [-0.2, -0.15) is 0 Å². The average molecular weight is 253 g/mol. The smallest absolute Gasteiger partial charge is 0.0410 e. The fourth-order valence-corrected chi connectivity index (χ4v) is 2.69. The van der Waals surface area contributed by atoms with Gasteiger partial charge in [0.25, 0.3) is 0 Å². The molecule has 1 atom stereocenters. The number of halogens is 1. The van der Waals surface area contributed by atoms with E-state index in [2.05, 4.69) is 30.1 Å². The largest absolute Gasteiger partial charge is 0.370 e. The van der Waals surface area contributed by atoms with Crippen LogP contribution in [0, 0.1) is 6.92 Å². The van der Waals surface area contributed by atoms with Crippen molar-refractivity contribution in [3.63, 3.8) is 0 Å². The molecule has 0 aromatic heterocycles. The third-order valence-electron chi connectivity index (χ3n) is 3.37. The van der Waals surface area contributed by atoms with Crippen LogP contribution in [0.1, 0.15) is 25.3 Å². The fourth-order valence-electron chi connectivity index (χ4n) is 2.47. The van der Waals surface area contributed by atoms with Crippen molar-refractivity contribution in [2.75, 3.05) is 24.5 Å². The number of hydrogen-bond acceptors (Lipinski definition) is 2. The summed E-state index contributed by atoms with van der Waals surface area (Å²) in [5, 5.41) is 4.42. The standard InChI is InChI=1S/C14H21ClN2/c1-3-7-16-13-6-8-17(10-13)14-5-4-12(15)9-11(14)2/h4-5,9,13,16H,3,6-8,10H2,1-2H3. The number of rotatable bonds is 4. The molecule has 1 aliphatic heterocycles. The van der Waals surface area contributed by atoms with Crippen molar-refractivity contribution in [2.45, 2.75) is 32.7 Å². The Morgan fingerprint density at radius 1 is 1.47 bits per heavy atom. The Morgan fingerprint density at radius 2 is 2.29 bits per heavy atom. The molecule has 3 heteroatoms. The maximum Gasteiger partial charge on any atom is 0.0410 e. The Hall–Kier alpha value is -0.730. The topological polar surface area (TPSA) is 15.3 Å². The van der Waals surface area contributed by atoms with Crippen molar-refractivity contribution in [3.05, 3.63) is 28.8 Å². The SMILES string of the molecule is CCCNC1CCN(c2ccc(Cl)cc2C)C1. The lowest BCUT2D eigenvalue weighted by Crippen LogP contribution is -2.33. The van der Waals surface area contributed by atoms with Crippen LogP contribution in [0.5, 0.6) is 0 Å². The van der Waals surface area contributed by atoms with E-state index in [4.69, 9.17) is 11.6 Å². The Morgan fingerprint density at radius 3 is 3.00 bits per heavy atom. The highest BCUT2D eigenvalue weighted by Gasteiger charge is 2.22. The van der Waals surface area contributed by atoms with Crippen LogP contribution in [-0.2, 0) is 0 Å². The van der Waals surface area contributed by atoms with Crippen molar-refractivity contribution in [1.82, 2.24) is 5.32 Å². The molecule has 1 unspecified atom stereocenters. The second-order valence-electron chi connectivity index (χ2n) is 4.82. The molecule has 0 aliphatic carbocycles. The Kier molecular flexibility index (Phi) is 4.30. The van der Waals surface area contributed by atoms with Gasteiger partial charge >= 0.3 is 0 Å². The summed E-state index contributed by atoms with van der Waals surface area (Å²) >= 11 is 5.99. The summed E-state index contributed by atoms with van der Waals surface area (Å²) in [6.07, 6.45) is 2.44. The fraction of sp³-hybridized carbons (Fsp3) is 0.571. The van der Waals surface area contributed by atoms with Gasteiger partial charge in [-0.15, -0.1) is 0 Å². The second kappa shape index (κ2) is 5.74. The molecule has 94 valence electrons. The van der Waals surface area contributed by atoms with Gasteiger partial charge in [-0.05, 0) is 50.1 Å². The average Bonchev–Trinajstić information content (AvgIpc) is 2.75. The van der Waals surface area contributed by atoms with Crippen LogP contribution in [-0.4, -0.2) is 25.7 Å². The van der Waals surface area contributed by atoms with Crippen molar-refractivity contribution < 1.29 is 0 Å². The van der Waals surface area contributed by atoms with Crippen LogP contribution in [0.4, 0.5) is 5.69 Å². The third kappa shape index (κ3) is 3.14. The zero-order chi connectivity index (χ0) is 12.3. The molecular formula is C14H21ClN2. The summed E-state index contributed by atoms with van der Waals surface area (Å²) in [6.45, 7) is 7.72. The number of nitrogens with one attached hydrogen (secondary N) is 1. The van der Waals surface area contributed by atoms with E-state index < -0.39 is 0 Å². The first-order chi connectivity index (χ1) is 8.20. The first-order valence-corrected chi connectivity index (χ1v) is 6.83. The van der Waals surface area contributed by atoms with Gasteiger partial charge in [0.1, 0.15) is 0 Å². The third-order valence-corrected chi connectivity index (χ3v) is 3.61. The molecule has 1 saturated heterocycles. The van der Waals surface area contributed by atoms with Crippen LogP contribution in [0.15, 0.2) is 18.2 Å². The highest BCUT2D eigenvalue weighted by molar-refractivity contribution is 6.30. The van der Waals surface area contributed by atoms with Crippen molar-refractivity contribution >= 4 is 17.3 Å². The van der Waals surface area contributed by atoms with Gasteiger partial charge in [-0.3, -0.25) is 0 Å². The predicted octanol–water partition coefficient (Wildman–Crippen LogP) is 3.23. The van der Waals surface area contributed by atoms with Gasteiger partial charge in [0.2, 0.25) is 0 Å². The molecule has 17 heavy (non-hydrogen) atoms. The minimum atomic E-state index is 0.644. The van der Waals surface area contributed by atoms with Crippen LogP contribution in [0.25, 0.3) is 0 Å². The lowest BCUT2D eigenvalue weighted by molar-refractivity contribution is 0.549. The van der Waals surface area contributed by atoms with Gasteiger partial charge in [0.05, 0.1) is 0 Å². The van der Waals surface area contributed by atoms with E-state index in [1.54, 1.807) is 0 Å². The summed E-state index contributed by atoms with van der Waals surface area (Å²) in [7, 11) is 0. The maximum absolute atomic E-state index is 5.99. The highest BCUT2D eigenvalue weighted by atomic mass is 35.5. The number of anilines is 1. The van der Waals surface area contributed by atoms with Gasteiger partial charge < -0.3 is 10.2 Å². The van der Waals surface area contributed by atoms with Gasteiger partial charge in [0, 0.05) is 29.8 Å². The van der Waals surface area contributed by atoms with E-state index in [9.17, 15) is 0 Å². The summed E-state index contributed by atoms with van der Waals surface area (Å²) in [4.78, 5) is 2.46. The van der Waals surface area contributed by atoms with E-state index in [1.165, 1.54) is 24.1 Å². The number of nitrogens with zero attached hydrogens (tertiary/aromatic N) is 1. The van der Waals surface area contributed by atoms with Gasteiger partial charge in [0.15, 0.2) is 0 Å². The molecule has 1 aromatic carbocycles. The van der Waals surface area contributed by atoms with Crippen LogP contribution >= 0.6 is 11.6 Å². The monoisotopic (exact) mass is 252 g/mol. The molecule has 2 rings (SSSR count). The maximum atomic E-state index is 5.99. The molecule has 0 radical (unpaired) electrons. The minimum Gasteiger partial charge on any atom is -0.370 e. The zero-order valence-electron chi connectivity index (χ0n) is 10.7. The predicted molar refractivity (Wildman–Crippen MR) is 75.1 cm³/mol. The lowest BCUT2D eigenvalue weighted by atomic mass is 10.2. The van der Waals surface area contributed by atoms with E-state index in [0.29, 0.717) is 6.04 Å². The number of hydrogen-bond donors (Lipinski definition) is 1. The molecule has 1 aliphatic rings. The minimum absolute atomic E-state index is 0.644. The van der Waals surface area contributed by atoms with Crippen molar-refractivity contribution in [2.24, 2.45) is 0 Å². The normalized spacial score (nSPS) is 19.9. The van der Waals surface area contributed by atoms with E-state index in [0.717, 1.165) is 24.7 Å². The Balaban J connectivity index is 2.00. The second-order valence-corrected chi connectivity index (χ2v) is 5.25. The summed E-state index contributed by atoms with van der Waals surface area (Å²) in [6, 6.07) is 6.81. The number of aryl methyl sites for hydroxylation is 1. The lowest BCUT2D eigenvalue weighted by Gasteiger charge is -2.21. The zero-order valence-corrected chi connectivity index (χ0v) is 11.4. The molecule has 1 fully saturated rings. The highest BCUT2D eigenvalue weighted by Crippen LogP contribution is 2.26. The molecule has 0 saturated carbocycles. The van der Waals surface area contributed by atoms with E-state index in [-0.39, 0.29) is 0 Å². The number of benzene rings is 1. The molecule has 1 aromatic rings. The van der Waals surface area contributed by atoms with Crippen LogP contribution < -0.4 is 10.2 Å². The molecule has 0 spiro atoms. The van der Waals surface area contributed by atoms with E-state index >= 15 is 0 Å². The summed E-state index contributed by atoms with van der Waals surface area (Å²) in [5.41, 5.74) is 2.60. The van der Waals surface area contributed by atoms with Gasteiger partial charge in [-0.1, -0.05) is 18.5 Å². The van der Waals surface area contributed by atoms with Gasteiger partial charge in [-0.25, -0.2) is 0 Å². The molecule has 0 bridgehead atoms. The van der Waals surface area contributed by atoms with Crippen molar-refractivity contribution in [3.8, 4) is 0 Å². The van der Waals surface area contributed by atoms with Crippen LogP contribution in [0.3, 0.4) is 0 Å². The first-order valence-electron chi connectivity index (χ1n) is 6.45. The van der Waals surface area contributed by atoms with E-state index in [1.807, 2.05) is 12.1 Å². The van der Waals surface area contributed by atoms with Crippen LogP contribution in [0.2, 0.25) is 5.02 Å². The first kappa shape index (κ1) is 12.7. The summed E-state index contributed by atoms with van der Waals surface area (Å²) in [5.74, 6) is 0. The van der Waals surface area contributed by atoms with Crippen molar-refractivity contribution in [1.29, 1.82) is 0 Å². The molecular weight excluding hydrogens is 232 g/mol.